The Morgan fingerprint density at radius 2 is 1.85 bits per heavy atom. The monoisotopic (exact) mass is 576 g/mol. The van der Waals surface area contributed by atoms with E-state index >= 15 is 4.39 Å². The maximum atomic E-state index is 17.4. The van der Waals surface area contributed by atoms with Crippen molar-refractivity contribution >= 4 is 21.7 Å². The van der Waals surface area contributed by atoms with E-state index in [1.54, 1.807) is 25.1 Å². The third-order valence-corrected chi connectivity index (χ3v) is 11.6. The first-order valence-corrected chi connectivity index (χ1v) is 15.1. The Bertz CT molecular complexity index is 1370. The van der Waals surface area contributed by atoms with Crippen LogP contribution in [0.3, 0.4) is 0 Å². The van der Waals surface area contributed by atoms with Crippen molar-refractivity contribution in [2.45, 2.75) is 75.1 Å². The molecule has 0 saturated heterocycles. The molecule has 40 heavy (non-hydrogen) atoms. The van der Waals surface area contributed by atoms with E-state index in [1.807, 2.05) is 13.8 Å². The van der Waals surface area contributed by atoms with Crippen molar-refractivity contribution in [2.75, 3.05) is 20.5 Å². The van der Waals surface area contributed by atoms with E-state index in [2.05, 4.69) is 0 Å². The quantitative estimate of drug-likeness (QED) is 0.365. The summed E-state index contributed by atoms with van der Waals surface area (Å²) in [5.74, 6) is -1.74. The van der Waals surface area contributed by atoms with Gasteiger partial charge in [-0.3, -0.25) is 13.8 Å². The van der Waals surface area contributed by atoms with Crippen LogP contribution >= 0.6 is 0 Å². The molecular weight excluding hydrogens is 539 g/mol. The molecule has 3 saturated carbocycles. The van der Waals surface area contributed by atoms with Gasteiger partial charge >= 0.3 is 0 Å². The lowest BCUT2D eigenvalue weighted by atomic mass is 9.44. The fraction of sp³-hybridized carbons (Fsp3) is 0.600. The first-order valence-electron chi connectivity index (χ1n) is 13.7. The molecule has 0 aromatic heterocycles. The lowest BCUT2D eigenvalue weighted by molar-refractivity contribution is -0.237. The molecule has 0 heterocycles. The molecule has 0 aliphatic heterocycles. The van der Waals surface area contributed by atoms with Crippen LogP contribution in [0.2, 0.25) is 0 Å². The number of ether oxygens (including phenoxy) is 2. The fourth-order valence-corrected chi connectivity index (χ4v) is 9.02. The van der Waals surface area contributed by atoms with Crippen molar-refractivity contribution in [2.24, 2.45) is 22.7 Å². The SMILES string of the molecule is COCO[C@]1(C(=O)COS(=O)(=O)c2ccc(C)cc2)CC[C@H]2[C@@H]3CCC4=CC(=O)C=C[C@]4(C)[C@@]3(F)[C@@H](O)C[C@@]21C. The van der Waals surface area contributed by atoms with Gasteiger partial charge in [0.2, 0.25) is 0 Å². The second kappa shape index (κ2) is 9.94. The second-order valence-corrected chi connectivity index (χ2v) is 13.7. The highest BCUT2D eigenvalue weighted by Crippen LogP contribution is 2.70. The number of carbonyl (C=O) groups excluding carboxylic acids is 2. The van der Waals surface area contributed by atoms with Crippen molar-refractivity contribution in [1.29, 1.82) is 0 Å². The average Bonchev–Trinajstić information content (AvgIpc) is 3.20. The molecule has 4 aliphatic carbocycles. The third kappa shape index (κ3) is 4.09. The van der Waals surface area contributed by atoms with Gasteiger partial charge in [0.25, 0.3) is 10.1 Å². The molecule has 0 radical (unpaired) electrons. The van der Waals surface area contributed by atoms with Gasteiger partial charge in [-0.1, -0.05) is 36.3 Å². The molecule has 1 N–H and O–H groups in total. The molecule has 1 aromatic carbocycles. The van der Waals surface area contributed by atoms with E-state index in [1.165, 1.54) is 31.4 Å². The topological polar surface area (TPSA) is 116 Å². The van der Waals surface area contributed by atoms with Gasteiger partial charge in [0, 0.05) is 23.9 Å². The third-order valence-electron chi connectivity index (χ3n) is 10.3. The fourth-order valence-electron chi connectivity index (χ4n) is 8.15. The van der Waals surface area contributed by atoms with Crippen LogP contribution in [0.1, 0.15) is 51.5 Å². The number of ketones is 2. The molecule has 0 bridgehead atoms. The number of Topliss-reactive ketones (excluding diaryl/α,β-unsaturated/α-hetero) is 1. The summed E-state index contributed by atoms with van der Waals surface area (Å²) in [5, 5.41) is 11.6. The van der Waals surface area contributed by atoms with Gasteiger partial charge in [-0.25, -0.2) is 4.39 Å². The van der Waals surface area contributed by atoms with Crippen LogP contribution in [0.15, 0.2) is 53.0 Å². The number of carbonyl (C=O) groups is 2. The highest BCUT2D eigenvalue weighted by Gasteiger charge is 2.74. The highest BCUT2D eigenvalue weighted by molar-refractivity contribution is 7.86. The minimum Gasteiger partial charge on any atom is -0.390 e. The summed E-state index contributed by atoms with van der Waals surface area (Å²) in [5.41, 5.74) is -4.23. The number of alkyl halides is 1. The highest BCUT2D eigenvalue weighted by atomic mass is 32.2. The van der Waals surface area contributed by atoms with E-state index in [0.29, 0.717) is 24.8 Å². The van der Waals surface area contributed by atoms with E-state index in [9.17, 15) is 23.1 Å². The second-order valence-electron chi connectivity index (χ2n) is 12.1. The molecule has 0 spiro atoms. The Morgan fingerprint density at radius 1 is 1.15 bits per heavy atom. The summed E-state index contributed by atoms with van der Waals surface area (Å²) in [6, 6.07) is 6.10. The van der Waals surface area contributed by atoms with Crippen LogP contribution in [0.5, 0.6) is 0 Å². The van der Waals surface area contributed by atoms with Crippen molar-refractivity contribution < 1.29 is 41.2 Å². The zero-order valence-electron chi connectivity index (χ0n) is 23.3. The number of hydrogen-bond acceptors (Lipinski definition) is 8. The van der Waals surface area contributed by atoms with Gasteiger partial charge in [-0.15, -0.1) is 0 Å². The Hall–Kier alpha value is -2.24. The van der Waals surface area contributed by atoms with E-state index in [4.69, 9.17) is 13.7 Å². The molecule has 7 atom stereocenters. The van der Waals surface area contributed by atoms with Gasteiger partial charge in [0.15, 0.2) is 17.2 Å². The van der Waals surface area contributed by atoms with Gasteiger partial charge in [0.05, 0.1) is 11.0 Å². The molecule has 5 rings (SSSR count). The predicted molar refractivity (Wildman–Crippen MR) is 143 cm³/mol. The summed E-state index contributed by atoms with van der Waals surface area (Å²) in [6.07, 6.45) is 4.44. The maximum absolute atomic E-state index is 17.4. The van der Waals surface area contributed by atoms with Crippen LogP contribution in [0.4, 0.5) is 4.39 Å². The summed E-state index contributed by atoms with van der Waals surface area (Å²) < 4.78 is 59.6. The molecule has 4 aliphatic rings. The Kier molecular flexibility index (Phi) is 7.27. The Balaban J connectivity index is 1.47. The molecule has 218 valence electrons. The summed E-state index contributed by atoms with van der Waals surface area (Å²) in [7, 11) is -2.81. The van der Waals surface area contributed by atoms with E-state index < -0.39 is 56.6 Å². The number of aliphatic hydroxyl groups is 1. The Labute approximate surface area is 234 Å². The molecule has 8 nitrogen and oxygen atoms in total. The van der Waals surface area contributed by atoms with Crippen LogP contribution in [0, 0.1) is 29.6 Å². The van der Waals surface area contributed by atoms with Crippen LogP contribution in [0.25, 0.3) is 0 Å². The van der Waals surface area contributed by atoms with Crippen molar-refractivity contribution in [3.05, 3.63) is 53.6 Å². The zero-order valence-corrected chi connectivity index (χ0v) is 24.1. The Morgan fingerprint density at radius 3 is 2.52 bits per heavy atom. The normalized spacial score (nSPS) is 38.8. The predicted octanol–water partition coefficient (Wildman–Crippen LogP) is 4.00. The number of halogens is 1. The molecule has 0 unspecified atom stereocenters. The van der Waals surface area contributed by atoms with Gasteiger partial charge in [-0.05, 0) is 76.2 Å². The minimum absolute atomic E-state index is 0.0677. The largest absolute Gasteiger partial charge is 0.390 e. The zero-order chi connectivity index (χ0) is 29.1. The molecule has 3 fully saturated rings. The molecule has 10 heteroatoms. The summed E-state index contributed by atoms with van der Waals surface area (Å²) in [4.78, 5) is 25.9. The number of hydrogen-bond donors (Lipinski definition) is 1. The van der Waals surface area contributed by atoms with Gasteiger partial charge in [-0.2, -0.15) is 8.42 Å². The maximum Gasteiger partial charge on any atom is 0.297 e. The number of allylic oxidation sites excluding steroid dienone is 4. The van der Waals surface area contributed by atoms with E-state index in [-0.39, 0.29) is 36.2 Å². The summed E-state index contributed by atoms with van der Waals surface area (Å²) in [6.45, 7) is 4.38. The van der Waals surface area contributed by atoms with Crippen LogP contribution in [-0.4, -0.2) is 63.0 Å². The average molecular weight is 577 g/mol. The van der Waals surface area contributed by atoms with Crippen molar-refractivity contribution in [1.82, 2.24) is 0 Å². The van der Waals surface area contributed by atoms with Gasteiger partial charge < -0.3 is 14.6 Å². The molecule has 0 amide bonds. The van der Waals surface area contributed by atoms with Gasteiger partial charge in [0.1, 0.15) is 19.0 Å². The lowest BCUT2D eigenvalue weighted by Crippen LogP contribution is -2.69. The number of benzene rings is 1. The molecular formula is C30H37FO8S. The number of rotatable bonds is 8. The number of aryl methyl sites for hydroxylation is 1. The number of methoxy groups -OCH3 is 1. The lowest BCUT2D eigenvalue weighted by Gasteiger charge is -2.63. The first kappa shape index (κ1) is 29.3. The van der Waals surface area contributed by atoms with Crippen LogP contribution in [-0.2, 0) is 33.4 Å². The number of aliphatic hydroxyl groups excluding tert-OH is 1. The van der Waals surface area contributed by atoms with E-state index in [0.717, 1.165) is 5.56 Å². The standard InChI is InChI=1S/C30H37FO8S/c1-19-5-8-22(9-6-19)40(35,36)39-17-26(34)29(38-18-37-4)14-12-23-24-10-7-20-15-21(32)11-13-27(20,2)30(24,31)25(33)16-28(23,29)3/h5-6,8-9,11,13,15,23-25,33H,7,10,12,14,16-18H2,1-4H3/t23-,24-,25-,27-,28-,29-,30-/m0/s1. The smallest absolute Gasteiger partial charge is 0.297 e. The van der Waals surface area contributed by atoms with Crippen molar-refractivity contribution in [3.63, 3.8) is 0 Å². The first-order chi connectivity index (χ1) is 18.7. The minimum atomic E-state index is -4.22. The van der Waals surface area contributed by atoms with Crippen molar-refractivity contribution in [3.8, 4) is 0 Å². The van der Waals surface area contributed by atoms with Crippen LogP contribution < -0.4 is 0 Å². The molecule has 1 aromatic rings. The summed E-state index contributed by atoms with van der Waals surface area (Å²) >= 11 is 0. The number of fused-ring (bicyclic) bond motifs is 5.